The minimum Gasteiger partial charge on any atom is -0.458 e. The van der Waals surface area contributed by atoms with Crippen LogP contribution in [0.2, 0.25) is 5.02 Å². The Morgan fingerprint density at radius 1 is 0.979 bits per heavy atom. The Balaban J connectivity index is 1.98. The smallest absolute Gasteiger partial charge is 0.458 e. The van der Waals surface area contributed by atoms with Crippen molar-refractivity contribution in [3.63, 3.8) is 0 Å². The van der Waals surface area contributed by atoms with Crippen molar-refractivity contribution in [3.8, 4) is 5.75 Å². The molecule has 2 amide bonds. The standard InChI is InChI=1S/C31H31ClF7N3O5/c1-28(2,3)47-25(43)16-45-18-29(36,37)17-41-27(44)42-30(14-19-7-5-4-6-8-19,24-10-9-21(32)15-40-24)20-11-22(33)13-23(12-20)46-31(38,39)26(34)35/h4-13,15,26H,14,16-18H2,1-3H3,(H2,41,42,44)/t30-/m0/s1. The number of alkyl halides is 6. The van der Waals surface area contributed by atoms with Crippen LogP contribution in [0.4, 0.5) is 35.5 Å². The molecule has 0 fully saturated rings. The average molecular weight is 694 g/mol. The highest BCUT2D eigenvalue weighted by Gasteiger charge is 2.45. The second kappa shape index (κ2) is 15.2. The average Bonchev–Trinajstić information content (AvgIpc) is 2.95. The number of amides is 2. The van der Waals surface area contributed by atoms with Crippen LogP contribution in [0.3, 0.4) is 0 Å². The number of hydrogen-bond donors (Lipinski definition) is 2. The van der Waals surface area contributed by atoms with Gasteiger partial charge in [-0.05, 0) is 56.2 Å². The monoisotopic (exact) mass is 693 g/mol. The molecule has 256 valence electrons. The van der Waals surface area contributed by atoms with Crippen LogP contribution >= 0.6 is 11.6 Å². The van der Waals surface area contributed by atoms with Crippen molar-refractivity contribution in [2.45, 2.75) is 56.8 Å². The fourth-order valence-electron chi connectivity index (χ4n) is 4.27. The Labute approximate surface area is 270 Å². The Bertz CT molecular complexity index is 1510. The lowest BCUT2D eigenvalue weighted by atomic mass is 9.80. The number of esters is 1. The van der Waals surface area contributed by atoms with E-state index in [1.165, 1.54) is 12.1 Å². The number of ether oxygens (including phenoxy) is 3. The number of rotatable bonds is 14. The zero-order valence-electron chi connectivity index (χ0n) is 25.3. The van der Waals surface area contributed by atoms with Gasteiger partial charge in [0.1, 0.15) is 35.9 Å². The van der Waals surface area contributed by atoms with Gasteiger partial charge in [0, 0.05) is 18.7 Å². The number of urea groups is 1. The number of pyridine rings is 1. The van der Waals surface area contributed by atoms with Crippen LogP contribution in [0.5, 0.6) is 5.75 Å². The number of benzene rings is 2. The Morgan fingerprint density at radius 2 is 1.66 bits per heavy atom. The fraction of sp³-hybridized carbons (Fsp3) is 0.387. The highest BCUT2D eigenvalue weighted by Crippen LogP contribution is 2.37. The molecule has 1 atom stereocenters. The lowest BCUT2D eigenvalue weighted by Crippen LogP contribution is -2.54. The summed E-state index contributed by atoms with van der Waals surface area (Å²) in [6.45, 7) is 1.38. The van der Waals surface area contributed by atoms with Gasteiger partial charge in [0.25, 0.3) is 5.92 Å². The van der Waals surface area contributed by atoms with Gasteiger partial charge in [-0.2, -0.15) is 17.6 Å². The van der Waals surface area contributed by atoms with E-state index >= 15 is 0 Å². The van der Waals surface area contributed by atoms with E-state index in [-0.39, 0.29) is 22.7 Å². The SMILES string of the molecule is CC(C)(C)OC(=O)COCC(F)(F)CNC(=O)N[C@@](Cc1ccccc1)(c1cc(F)cc(OC(F)(F)C(F)F)c1)c1ccc(Cl)cn1. The molecule has 47 heavy (non-hydrogen) atoms. The number of nitrogens with zero attached hydrogens (tertiary/aromatic N) is 1. The van der Waals surface area contributed by atoms with Crippen molar-refractivity contribution < 1.29 is 54.5 Å². The van der Waals surface area contributed by atoms with Crippen LogP contribution in [0.15, 0.2) is 66.9 Å². The maximum Gasteiger partial charge on any atom is 0.461 e. The topological polar surface area (TPSA) is 98.8 Å². The molecule has 0 aliphatic rings. The summed E-state index contributed by atoms with van der Waals surface area (Å²) in [5.41, 5.74) is -2.80. The molecule has 16 heteroatoms. The first-order valence-electron chi connectivity index (χ1n) is 13.9. The largest absolute Gasteiger partial charge is 0.461 e. The zero-order chi connectivity index (χ0) is 35.0. The summed E-state index contributed by atoms with van der Waals surface area (Å²) >= 11 is 6.00. The molecule has 3 rings (SSSR count). The molecular weight excluding hydrogens is 663 g/mol. The predicted molar refractivity (Wildman–Crippen MR) is 156 cm³/mol. The number of carbonyl (C=O) groups is 2. The first kappa shape index (κ1) is 37.3. The number of halogens is 8. The van der Waals surface area contributed by atoms with E-state index in [1.807, 2.05) is 5.32 Å². The second-order valence-electron chi connectivity index (χ2n) is 11.3. The highest BCUT2D eigenvalue weighted by molar-refractivity contribution is 6.30. The van der Waals surface area contributed by atoms with Gasteiger partial charge < -0.3 is 24.8 Å². The second-order valence-corrected chi connectivity index (χ2v) is 11.7. The summed E-state index contributed by atoms with van der Waals surface area (Å²) in [5.74, 6) is -6.82. The maximum atomic E-state index is 14.9. The number of carbonyl (C=O) groups excluding carboxylic acids is 2. The molecule has 3 aromatic rings. The van der Waals surface area contributed by atoms with Crippen LogP contribution in [0.25, 0.3) is 0 Å². The summed E-state index contributed by atoms with van der Waals surface area (Å²) in [4.78, 5) is 29.2. The molecule has 0 unspecified atom stereocenters. The van der Waals surface area contributed by atoms with Crippen molar-refractivity contribution in [2.75, 3.05) is 19.8 Å². The maximum absolute atomic E-state index is 14.9. The lowest BCUT2D eigenvalue weighted by molar-refractivity contribution is -0.253. The first-order chi connectivity index (χ1) is 21.8. The van der Waals surface area contributed by atoms with Gasteiger partial charge in [0.05, 0.1) is 17.3 Å². The molecule has 0 saturated carbocycles. The minimum absolute atomic E-state index is 0.0643. The van der Waals surface area contributed by atoms with E-state index in [9.17, 15) is 40.3 Å². The van der Waals surface area contributed by atoms with Crippen LogP contribution in [0.1, 0.15) is 37.6 Å². The van der Waals surface area contributed by atoms with Crippen molar-refractivity contribution in [1.29, 1.82) is 0 Å². The highest BCUT2D eigenvalue weighted by atomic mass is 35.5. The van der Waals surface area contributed by atoms with E-state index in [0.717, 1.165) is 18.3 Å². The van der Waals surface area contributed by atoms with Gasteiger partial charge in [-0.3, -0.25) is 4.98 Å². The third-order valence-corrected chi connectivity index (χ3v) is 6.36. The van der Waals surface area contributed by atoms with E-state index in [1.54, 1.807) is 51.1 Å². The molecule has 1 heterocycles. The van der Waals surface area contributed by atoms with Gasteiger partial charge >= 0.3 is 24.5 Å². The minimum atomic E-state index is -5.01. The van der Waals surface area contributed by atoms with Gasteiger partial charge in [-0.15, -0.1) is 0 Å². The number of aromatic nitrogens is 1. The molecule has 0 aliphatic heterocycles. The predicted octanol–water partition coefficient (Wildman–Crippen LogP) is 6.89. The summed E-state index contributed by atoms with van der Waals surface area (Å²) < 4.78 is 112. The van der Waals surface area contributed by atoms with Gasteiger partial charge in [0.2, 0.25) is 0 Å². The van der Waals surface area contributed by atoms with E-state index in [4.69, 9.17) is 21.1 Å². The Morgan fingerprint density at radius 3 is 2.26 bits per heavy atom. The van der Waals surface area contributed by atoms with Crippen LogP contribution < -0.4 is 15.4 Å². The Kier molecular flexibility index (Phi) is 12.1. The fourth-order valence-corrected chi connectivity index (χ4v) is 4.39. The van der Waals surface area contributed by atoms with Crippen LogP contribution in [-0.2, 0) is 26.2 Å². The quantitative estimate of drug-likeness (QED) is 0.141. The third-order valence-electron chi connectivity index (χ3n) is 6.14. The van der Waals surface area contributed by atoms with Crippen molar-refractivity contribution in [3.05, 3.63) is 94.5 Å². The molecule has 0 aliphatic carbocycles. The van der Waals surface area contributed by atoms with E-state index < -0.39 is 72.9 Å². The van der Waals surface area contributed by atoms with Crippen LogP contribution in [-0.4, -0.2) is 60.8 Å². The molecular formula is C31H31ClF7N3O5. The van der Waals surface area contributed by atoms with Crippen LogP contribution in [0, 0.1) is 5.82 Å². The molecule has 2 N–H and O–H groups in total. The summed E-state index contributed by atoms with van der Waals surface area (Å²) in [7, 11) is 0. The Hall–Kier alpha value is -4.11. The summed E-state index contributed by atoms with van der Waals surface area (Å²) in [6, 6.07) is 11.5. The molecule has 0 bridgehead atoms. The zero-order valence-corrected chi connectivity index (χ0v) is 26.0. The molecule has 0 spiro atoms. The number of nitrogens with one attached hydrogen (secondary N) is 2. The van der Waals surface area contributed by atoms with Crippen molar-refractivity contribution >= 4 is 23.6 Å². The molecule has 8 nitrogen and oxygen atoms in total. The molecule has 1 aromatic heterocycles. The number of hydrogen-bond acceptors (Lipinski definition) is 6. The van der Waals surface area contributed by atoms with E-state index in [0.29, 0.717) is 11.6 Å². The van der Waals surface area contributed by atoms with Crippen molar-refractivity contribution in [2.24, 2.45) is 0 Å². The summed E-state index contributed by atoms with van der Waals surface area (Å²) in [5, 5.41) is 4.60. The van der Waals surface area contributed by atoms with Gasteiger partial charge in [0.15, 0.2) is 0 Å². The van der Waals surface area contributed by atoms with Gasteiger partial charge in [-0.25, -0.2) is 22.8 Å². The third kappa shape index (κ3) is 11.3. The molecule has 0 radical (unpaired) electrons. The molecule has 2 aromatic carbocycles. The van der Waals surface area contributed by atoms with Gasteiger partial charge in [-0.1, -0.05) is 41.9 Å². The summed E-state index contributed by atoms with van der Waals surface area (Å²) in [6.07, 6.45) is -8.39. The lowest BCUT2D eigenvalue weighted by Gasteiger charge is -2.36. The molecule has 0 saturated heterocycles. The normalized spacial score (nSPS) is 13.5. The first-order valence-corrected chi connectivity index (χ1v) is 14.2. The van der Waals surface area contributed by atoms with Crippen molar-refractivity contribution in [1.82, 2.24) is 15.6 Å². The van der Waals surface area contributed by atoms with E-state index in [2.05, 4.69) is 15.0 Å².